The molecule has 0 atom stereocenters. The number of nitrogens with zero attached hydrogens (tertiary/aromatic N) is 2. The maximum Gasteiger partial charge on any atom is 0.339 e. The minimum Gasteiger partial charge on any atom is -0.465 e. The lowest BCUT2D eigenvalue weighted by atomic mass is 9.97. The highest BCUT2D eigenvalue weighted by Crippen LogP contribution is 2.22. The maximum atomic E-state index is 12.0. The number of esters is 1. The van der Waals surface area contributed by atoms with Crippen LogP contribution in [-0.4, -0.2) is 70.3 Å². The summed E-state index contributed by atoms with van der Waals surface area (Å²) < 4.78 is 4.87. The number of nitrogens with one attached hydrogen (secondary N) is 1. The molecule has 1 aromatic carbocycles. The van der Waals surface area contributed by atoms with Crippen molar-refractivity contribution >= 4 is 36.5 Å². The molecule has 0 aromatic heterocycles. The number of hydrogen-bond acceptors (Lipinski definition) is 6. The number of nitrogens with two attached hydrogens (primary N) is 1. The van der Waals surface area contributed by atoms with Gasteiger partial charge in [-0.3, -0.25) is 4.90 Å². The molecule has 29 heavy (non-hydrogen) atoms. The van der Waals surface area contributed by atoms with E-state index in [1.165, 1.54) is 26.5 Å². The van der Waals surface area contributed by atoms with E-state index < -0.39 is 0 Å². The maximum absolute atomic E-state index is 12.0. The Bertz CT molecular complexity index is 706. The molecule has 1 aromatic rings. The molecule has 2 fully saturated rings. The molecule has 0 unspecified atom stereocenters. The molecule has 2 saturated heterocycles. The second-order valence-corrected chi connectivity index (χ2v) is 7.21. The fraction of sp³-hybridized carbons (Fsp3) is 0.571. The molecule has 0 radical (unpaired) electrons. The van der Waals surface area contributed by atoms with Crippen LogP contribution in [0.25, 0.3) is 0 Å². The van der Waals surface area contributed by atoms with Gasteiger partial charge in [-0.25, -0.2) is 4.79 Å². The summed E-state index contributed by atoms with van der Waals surface area (Å²) in [6, 6.07) is 5.78. The molecule has 8 heteroatoms. The van der Waals surface area contributed by atoms with Crippen LogP contribution in [0.2, 0.25) is 0 Å². The average Bonchev–Trinajstić information content (AvgIpc) is 2.73. The van der Waals surface area contributed by atoms with Gasteiger partial charge in [0.15, 0.2) is 0 Å². The smallest absolute Gasteiger partial charge is 0.339 e. The van der Waals surface area contributed by atoms with E-state index in [2.05, 4.69) is 27.0 Å². The fourth-order valence-electron chi connectivity index (χ4n) is 3.88. The lowest BCUT2D eigenvalue weighted by molar-refractivity contribution is 0.0600. The van der Waals surface area contributed by atoms with E-state index >= 15 is 0 Å². The largest absolute Gasteiger partial charge is 0.465 e. The van der Waals surface area contributed by atoms with Gasteiger partial charge in [-0.05, 0) is 50.0 Å². The summed E-state index contributed by atoms with van der Waals surface area (Å²) in [6.45, 7) is 7.93. The first-order valence-corrected chi connectivity index (χ1v) is 9.80. The third kappa shape index (κ3) is 7.06. The monoisotopic (exact) mass is 442 g/mol. The molecule has 0 aliphatic carbocycles. The fourth-order valence-corrected chi connectivity index (χ4v) is 3.88. The number of piperazine rings is 1. The zero-order chi connectivity index (χ0) is 19.1. The number of carbonyl (C=O) groups is 1. The van der Waals surface area contributed by atoms with E-state index in [9.17, 15) is 4.79 Å². The van der Waals surface area contributed by atoms with Gasteiger partial charge in [0.05, 0.1) is 19.2 Å². The number of methoxy groups -OCH3 is 1. The molecule has 6 nitrogen and oxygen atoms in total. The minimum absolute atomic E-state index is 0. The van der Waals surface area contributed by atoms with Crippen molar-refractivity contribution in [1.82, 2.24) is 10.2 Å². The van der Waals surface area contributed by atoms with Gasteiger partial charge in [-0.1, -0.05) is 11.8 Å². The quantitative estimate of drug-likeness (QED) is 0.546. The van der Waals surface area contributed by atoms with Crippen LogP contribution in [0.5, 0.6) is 0 Å². The Hall–Kier alpha value is -1.49. The summed E-state index contributed by atoms with van der Waals surface area (Å²) in [5.41, 5.74) is 7.78. The van der Waals surface area contributed by atoms with Crippen molar-refractivity contribution < 1.29 is 9.53 Å². The van der Waals surface area contributed by atoms with Gasteiger partial charge in [0.1, 0.15) is 0 Å². The molecule has 0 bridgehead atoms. The Labute approximate surface area is 186 Å². The van der Waals surface area contributed by atoms with Crippen molar-refractivity contribution in [3.63, 3.8) is 0 Å². The van der Waals surface area contributed by atoms with E-state index in [1.807, 2.05) is 18.2 Å². The van der Waals surface area contributed by atoms with Gasteiger partial charge >= 0.3 is 5.97 Å². The van der Waals surface area contributed by atoms with E-state index in [0.717, 1.165) is 50.9 Å². The van der Waals surface area contributed by atoms with Crippen LogP contribution in [0.4, 0.5) is 5.69 Å². The van der Waals surface area contributed by atoms with Gasteiger partial charge in [0.2, 0.25) is 0 Å². The Kier molecular flexibility index (Phi) is 11.4. The molecule has 162 valence electrons. The standard InChI is InChI=1S/C21H30N4O2.2ClH/c1-27-21(26)20-5-4-19(15-18(20)3-2-8-22)25-13-11-24(12-14-25)16-17-6-9-23-10-7-17;;/h4-5,15,17,23H,6-14,16,22H2,1H3;2*1H. The number of carbonyl (C=O) groups excluding carboxylic acids is 1. The first kappa shape index (κ1) is 25.5. The van der Waals surface area contributed by atoms with E-state index in [1.54, 1.807) is 0 Å². The van der Waals surface area contributed by atoms with E-state index in [0.29, 0.717) is 11.1 Å². The van der Waals surface area contributed by atoms with Crippen LogP contribution in [-0.2, 0) is 4.74 Å². The van der Waals surface area contributed by atoms with Gasteiger partial charge in [-0.15, -0.1) is 24.8 Å². The van der Waals surface area contributed by atoms with Crippen molar-refractivity contribution in [2.24, 2.45) is 11.7 Å². The average molecular weight is 443 g/mol. The van der Waals surface area contributed by atoms with Gasteiger partial charge in [0, 0.05) is 44.0 Å². The highest BCUT2D eigenvalue weighted by atomic mass is 35.5. The zero-order valence-corrected chi connectivity index (χ0v) is 18.6. The van der Waals surface area contributed by atoms with Crippen LogP contribution in [0.3, 0.4) is 0 Å². The zero-order valence-electron chi connectivity index (χ0n) is 17.0. The number of benzene rings is 1. The van der Waals surface area contributed by atoms with Crippen LogP contribution < -0.4 is 16.0 Å². The number of halogens is 2. The Morgan fingerprint density at radius 2 is 1.90 bits per heavy atom. The predicted octanol–water partition coefficient (Wildman–Crippen LogP) is 1.75. The van der Waals surface area contributed by atoms with E-state index in [4.69, 9.17) is 10.5 Å². The summed E-state index contributed by atoms with van der Waals surface area (Å²) in [4.78, 5) is 16.9. The summed E-state index contributed by atoms with van der Waals surface area (Å²) in [5, 5.41) is 3.44. The number of anilines is 1. The number of piperidine rings is 1. The first-order chi connectivity index (χ1) is 13.2. The van der Waals surface area contributed by atoms with Crippen molar-refractivity contribution in [2.45, 2.75) is 12.8 Å². The summed E-state index contributed by atoms with van der Waals surface area (Å²) in [6.07, 6.45) is 2.58. The molecular formula is C21H32Cl2N4O2. The predicted molar refractivity (Wildman–Crippen MR) is 122 cm³/mol. The van der Waals surface area contributed by atoms with Gasteiger partial charge in [-0.2, -0.15) is 0 Å². The minimum atomic E-state index is -0.366. The third-order valence-electron chi connectivity index (χ3n) is 5.45. The third-order valence-corrected chi connectivity index (χ3v) is 5.45. The molecule has 2 aliphatic rings. The molecule has 2 heterocycles. The second kappa shape index (κ2) is 12.9. The molecule has 0 amide bonds. The Morgan fingerprint density at radius 3 is 2.52 bits per heavy atom. The molecular weight excluding hydrogens is 411 g/mol. The van der Waals surface area contributed by atoms with Crippen molar-refractivity contribution in [2.75, 3.05) is 64.4 Å². The van der Waals surface area contributed by atoms with Crippen molar-refractivity contribution in [3.8, 4) is 11.8 Å². The lowest BCUT2D eigenvalue weighted by Gasteiger charge is -2.38. The molecule has 2 aliphatic heterocycles. The summed E-state index contributed by atoms with van der Waals surface area (Å²) in [5.74, 6) is 6.32. The van der Waals surface area contributed by atoms with Crippen LogP contribution >= 0.6 is 24.8 Å². The normalized spacial score (nSPS) is 17.4. The molecule has 0 spiro atoms. The topological polar surface area (TPSA) is 70.8 Å². The SMILES string of the molecule is COC(=O)c1ccc(N2CCN(CC3CCNCC3)CC2)cc1C#CCN.Cl.Cl. The Balaban J connectivity index is 0.00000210. The molecule has 3 rings (SSSR count). The Morgan fingerprint density at radius 1 is 1.21 bits per heavy atom. The number of ether oxygens (including phenoxy) is 1. The van der Waals surface area contributed by atoms with Crippen molar-refractivity contribution in [3.05, 3.63) is 29.3 Å². The highest BCUT2D eigenvalue weighted by molar-refractivity contribution is 5.93. The summed E-state index contributed by atoms with van der Waals surface area (Å²) >= 11 is 0. The van der Waals surface area contributed by atoms with Gasteiger partial charge < -0.3 is 20.7 Å². The van der Waals surface area contributed by atoms with Crippen LogP contribution in [0.1, 0.15) is 28.8 Å². The second-order valence-electron chi connectivity index (χ2n) is 7.21. The molecule has 3 N–H and O–H groups in total. The number of hydrogen-bond donors (Lipinski definition) is 2. The summed E-state index contributed by atoms with van der Waals surface area (Å²) in [7, 11) is 1.39. The van der Waals surface area contributed by atoms with Crippen molar-refractivity contribution in [1.29, 1.82) is 0 Å². The first-order valence-electron chi connectivity index (χ1n) is 9.80. The van der Waals surface area contributed by atoms with Crippen LogP contribution in [0, 0.1) is 17.8 Å². The number of rotatable bonds is 4. The van der Waals surface area contributed by atoms with Crippen LogP contribution in [0.15, 0.2) is 18.2 Å². The highest BCUT2D eigenvalue weighted by Gasteiger charge is 2.22. The molecule has 0 saturated carbocycles. The van der Waals surface area contributed by atoms with E-state index in [-0.39, 0.29) is 37.3 Å². The van der Waals surface area contributed by atoms with Gasteiger partial charge in [0.25, 0.3) is 0 Å². The lowest BCUT2D eigenvalue weighted by Crippen LogP contribution is -2.48.